The van der Waals surface area contributed by atoms with Crippen molar-refractivity contribution in [2.24, 2.45) is 0 Å². The first-order valence-corrected chi connectivity index (χ1v) is 7.45. The van der Waals surface area contributed by atoms with E-state index in [1.807, 2.05) is 30.3 Å². The van der Waals surface area contributed by atoms with Crippen molar-refractivity contribution >= 4 is 12.1 Å². The van der Waals surface area contributed by atoms with Crippen molar-refractivity contribution in [1.29, 1.82) is 0 Å². The van der Waals surface area contributed by atoms with Gasteiger partial charge in [-0.3, -0.25) is 0 Å². The number of ether oxygens (including phenoxy) is 2. The van der Waals surface area contributed by atoms with E-state index in [1.54, 1.807) is 20.8 Å². The molecular formula is C18H23NO4. The molecule has 0 spiro atoms. The number of carbonyl (C=O) groups is 2. The minimum absolute atomic E-state index is 0.141. The van der Waals surface area contributed by atoms with Crippen molar-refractivity contribution in [1.82, 2.24) is 5.32 Å². The summed E-state index contributed by atoms with van der Waals surface area (Å²) >= 11 is 0. The third-order valence-electron chi connectivity index (χ3n) is 2.78. The molecule has 1 amide bonds. The lowest BCUT2D eigenvalue weighted by Gasteiger charge is -2.22. The molecule has 0 bridgehead atoms. The maximum atomic E-state index is 12.2. The summed E-state index contributed by atoms with van der Waals surface area (Å²) in [5.41, 5.74) is 0.225. The van der Waals surface area contributed by atoms with Crippen molar-refractivity contribution in [3.8, 4) is 12.3 Å². The SMILES string of the molecule is C#CCCC(NC(=O)OC(C)(C)C)C(=O)OCc1ccccc1. The van der Waals surface area contributed by atoms with E-state index in [-0.39, 0.29) is 6.61 Å². The number of hydrogen-bond acceptors (Lipinski definition) is 4. The smallest absolute Gasteiger partial charge is 0.408 e. The highest BCUT2D eigenvalue weighted by atomic mass is 16.6. The normalized spacial score (nSPS) is 11.9. The van der Waals surface area contributed by atoms with Crippen molar-refractivity contribution < 1.29 is 19.1 Å². The Morgan fingerprint density at radius 3 is 2.48 bits per heavy atom. The summed E-state index contributed by atoms with van der Waals surface area (Å²) in [6.45, 7) is 5.38. The predicted molar refractivity (Wildman–Crippen MR) is 87.5 cm³/mol. The molecule has 0 aliphatic carbocycles. The molecule has 124 valence electrons. The Kier molecular flexibility index (Phi) is 7.14. The van der Waals surface area contributed by atoms with E-state index in [0.29, 0.717) is 12.8 Å². The summed E-state index contributed by atoms with van der Waals surface area (Å²) in [4.78, 5) is 24.0. The van der Waals surface area contributed by atoms with Gasteiger partial charge in [0, 0.05) is 6.42 Å². The van der Waals surface area contributed by atoms with Crippen LogP contribution in [0.2, 0.25) is 0 Å². The average molecular weight is 317 g/mol. The Morgan fingerprint density at radius 2 is 1.91 bits per heavy atom. The molecule has 1 unspecified atom stereocenters. The van der Waals surface area contributed by atoms with Crippen LogP contribution in [0.5, 0.6) is 0 Å². The number of terminal acetylenes is 1. The van der Waals surface area contributed by atoms with E-state index >= 15 is 0 Å². The topological polar surface area (TPSA) is 64.6 Å². The number of benzene rings is 1. The van der Waals surface area contributed by atoms with Crippen LogP contribution in [0, 0.1) is 12.3 Å². The summed E-state index contributed by atoms with van der Waals surface area (Å²) in [5, 5.41) is 2.51. The highest BCUT2D eigenvalue weighted by Gasteiger charge is 2.25. The van der Waals surface area contributed by atoms with Crippen LogP contribution in [0.4, 0.5) is 4.79 Å². The molecule has 5 heteroatoms. The molecule has 0 aromatic heterocycles. The number of rotatable bonds is 6. The van der Waals surface area contributed by atoms with Gasteiger partial charge in [-0.1, -0.05) is 30.3 Å². The number of amides is 1. The highest BCUT2D eigenvalue weighted by Crippen LogP contribution is 2.09. The lowest BCUT2D eigenvalue weighted by molar-refractivity contribution is -0.147. The summed E-state index contributed by atoms with van der Waals surface area (Å²) < 4.78 is 10.4. The van der Waals surface area contributed by atoms with Gasteiger partial charge in [-0.25, -0.2) is 9.59 Å². The molecule has 0 aliphatic heterocycles. The molecule has 0 radical (unpaired) electrons. The molecule has 1 atom stereocenters. The molecule has 0 heterocycles. The fraction of sp³-hybridized carbons (Fsp3) is 0.444. The molecule has 0 saturated heterocycles. The average Bonchev–Trinajstić information content (AvgIpc) is 2.48. The number of nitrogens with one attached hydrogen (secondary N) is 1. The Labute approximate surface area is 137 Å². The molecular weight excluding hydrogens is 294 g/mol. The van der Waals surface area contributed by atoms with Gasteiger partial charge in [0.2, 0.25) is 0 Å². The number of hydrogen-bond donors (Lipinski definition) is 1. The van der Waals surface area contributed by atoms with Gasteiger partial charge in [-0.15, -0.1) is 12.3 Å². The van der Waals surface area contributed by atoms with Gasteiger partial charge in [0.1, 0.15) is 18.2 Å². The van der Waals surface area contributed by atoms with Crippen molar-refractivity contribution in [3.05, 3.63) is 35.9 Å². The lowest BCUT2D eigenvalue weighted by atomic mass is 10.1. The first kappa shape index (κ1) is 18.6. The maximum absolute atomic E-state index is 12.2. The number of carbonyl (C=O) groups excluding carboxylic acids is 2. The zero-order valence-electron chi connectivity index (χ0n) is 13.8. The predicted octanol–water partition coefficient (Wildman–Crippen LogP) is 3.04. The van der Waals surface area contributed by atoms with Gasteiger partial charge in [-0.05, 0) is 32.8 Å². The second-order valence-electron chi connectivity index (χ2n) is 6.03. The van der Waals surface area contributed by atoms with E-state index in [2.05, 4.69) is 11.2 Å². The number of esters is 1. The Bertz CT molecular complexity index is 555. The van der Waals surface area contributed by atoms with E-state index < -0.39 is 23.7 Å². The van der Waals surface area contributed by atoms with Crippen LogP contribution < -0.4 is 5.32 Å². The van der Waals surface area contributed by atoms with Crippen molar-refractivity contribution in [3.63, 3.8) is 0 Å². The fourth-order valence-corrected chi connectivity index (χ4v) is 1.76. The molecule has 0 aliphatic rings. The van der Waals surface area contributed by atoms with E-state index in [9.17, 15) is 9.59 Å². The quantitative estimate of drug-likeness (QED) is 0.647. The van der Waals surface area contributed by atoms with Gasteiger partial charge in [-0.2, -0.15) is 0 Å². The zero-order chi connectivity index (χ0) is 17.3. The van der Waals surface area contributed by atoms with Gasteiger partial charge < -0.3 is 14.8 Å². The highest BCUT2D eigenvalue weighted by molar-refractivity contribution is 5.81. The van der Waals surface area contributed by atoms with Crippen LogP contribution in [0.1, 0.15) is 39.2 Å². The van der Waals surface area contributed by atoms with Crippen molar-refractivity contribution in [2.45, 2.75) is 51.9 Å². The van der Waals surface area contributed by atoms with Crippen molar-refractivity contribution in [2.75, 3.05) is 0 Å². The molecule has 1 rings (SSSR count). The summed E-state index contributed by atoms with van der Waals surface area (Å²) in [7, 11) is 0. The van der Waals surface area contributed by atoms with Crippen LogP contribution >= 0.6 is 0 Å². The molecule has 1 aromatic rings. The van der Waals surface area contributed by atoms with E-state index in [4.69, 9.17) is 15.9 Å². The molecule has 1 N–H and O–H groups in total. The van der Waals surface area contributed by atoms with Crippen LogP contribution in [-0.2, 0) is 20.9 Å². The number of alkyl carbamates (subject to hydrolysis) is 1. The zero-order valence-corrected chi connectivity index (χ0v) is 13.8. The van der Waals surface area contributed by atoms with E-state index in [1.165, 1.54) is 0 Å². The van der Waals surface area contributed by atoms with Gasteiger partial charge in [0.25, 0.3) is 0 Å². The Hall–Kier alpha value is -2.48. The minimum Gasteiger partial charge on any atom is -0.459 e. The van der Waals surface area contributed by atoms with Crippen LogP contribution in [0.15, 0.2) is 30.3 Å². The fourth-order valence-electron chi connectivity index (χ4n) is 1.76. The Morgan fingerprint density at radius 1 is 1.26 bits per heavy atom. The van der Waals surface area contributed by atoms with Crippen LogP contribution in [-0.4, -0.2) is 23.7 Å². The lowest BCUT2D eigenvalue weighted by Crippen LogP contribution is -2.44. The maximum Gasteiger partial charge on any atom is 0.408 e. The first-order valence-electron chi connectivity index (χ1n) is 7.45. The van der Waals surface area contributed by atoms with Crippen LogP contribution in [0.25, 0.3) is 0 Å². The van der Waals surface area contributed by atoms with Gasteiger partial charge >= 0.3 is 12.1 Å². The summed E-state index contributed by atoms with van der Waals surface area (Å²) in [5.74, 6) is 1.92. The largest absolute Gasteiger partial charge is 0.459 e. The van der Waals surface area contributed by atoms with Gasteiger partial charge in [0.15, 0.2) is 0 Å². The summed E-state index contributed by atoms with van der Waals surface area (Å²) in [6, 6.07) is 8.47. The minimum atomic E-state index is -0.829. The summed E-state index contributed by atoms with van der Waals surface area (Å²) in [6.07, 6.45) is 5.20. The second kappa shape index (κ2) is 8.84. The molecule has 0 fully saturated rings. The molecule has 23 heavy (non-hydrogen) atoms. The Balaban J connectivity index is 2.59. The monoisotopic (exact) mass is 317 g/mol. The molecule has 1 aromatic carbocycles. The second-order valence-corrected chi connectivity index (χ2v) is 6.03. The van der Waals surface area contributed by atoms with Crippen LogP contribution in [0.3, 0.4) is 0 Å². The molecule has 5 nitrogen and oxygen atoms in total. The third kappa shape index (κ3) is 7.91. The third-order valence-corrected chi connectivity index (χ3v) is 2.78. The first-order chi connectivity index (χ1) is 10.8. The molecule has 0 saturated carbocycles. The van der Waals surface area contributed by atoms with E-state index in [0.717, 1.165) is 5.56 Å². The van der Waals surface area contributed by atoms with Gasteiger partial charge in [0.05, 0.1) is 0 Å². The standard InChI is InChI=1S/C18H23NO4/c1-5-6-12-15(19-17(21)23-18(2,3)4)16(20)22-13-14-10-8-7-9-11-14/h1,7-11,15H,6,12-13H2,2-4H3,(H,19,21).